The lowest BCUT2D eigenvalue weighted by atomic mass is 9.96. The Morgan fingerprint density at radius 3 is 2.45 bits per heavy atom. The Balaban J connectivity index is 1.53. The highest BCUT2D eigenvalue weighted by atomic mass is 16.3. The van der Waals surface area contributed by atoms with Crippen molar-refractivity contribution in [3.63, 3.8) is 0 Å². The minimum absolute atomic E-state index is 0.0395. The van der Waals surface area contributed by atoms with Crippen molar-refractivity contribution < 1.29 is 14.7 Å². The fraction of sp³-hybridized carbons (Fsp3) is 0.875. The molecule has 3 aliphatic rings. The van der Waals surface area contributed by atoms with Gasteiger partial charge in [0.1, 0.15) is 0 Å². The molecule has 22 heavy (non-hydrogen) atoms. The summed E-state index contributed by atoms with van der Waals surface area (Å²) in [6.45, 7) is 5.70. The molecule has 0 unspecified atom stereocenters. The van der Waals surface area contributed by atoms with Crippen molar-refractivity contribution >= 4 is 11.8 Å². The van der Waals surface area contributed by atoms with Gasteiger partial charge in [-0.15, -0.1) is 0 Å². The maximum absolute atomic E-state index is 12.4. The van der Waals surface area contributed by atoms with Gasteiger partial charge in [-0.1, -0.05) is 0 Å². The molecule has 6 heteroatoms. The summed E-state index contributed by atoms with van der Waals surface area (Å²) < 4.78 is 0. The summed E-state index contributed by atoms with van der Waals surface area (Å²) in [6.07, 6.45) is 3.96. The number of aliphatic hydroxyl groups excluding tert-OH is 1. The van der Waals surface area contributed by atoms with Crippen LogP contribution in [0.3, 0.4) is 0 Å². The number of carbonyl (C=O) groups excluding carboxylic acids is 2. The van der Waals surface area contributed by atoms with Gasteiger partial charge in [0.15, 0.2) is 0 Å². The van der Waals surface area contributed by atoms with Gasteiger partial charge < -0.3 is 19.8 Å². The molecule has 0 radical (unpaired) electrons. The minimum Gasteiger partial charge on any atom is -0.396 e. The smallest absolute Gasteiger partial charge is 0.242 e. The van der Waals surface area contributed by atoms with Crippen LogP contribution in [0.1, 0.15) is 25.7 Å². The lowest BCUT2D eigenvalue weighted by molar-refractivity contribution is -0.137. The molecule has 3 rings (SSSR count). The Morgan fingerprint density at radius 2 is 1.82 bits per heavy atom. The highest BCUT2D eigenvalue weighted by Gasteiger charge is 2.37. The summed E-state index contributed by atoms with van der Waals surface area (Å²) in [4.78, 5) is 30.1. The summed E-state index contributed by atoms with van der Waals surface area (Å²) in [6, 6.07) is 0. The van der Waals surface area contributed by atoms with Gasteiger partial charge in [0, 0.05) is 45.1 Å². The molecule has 0 aromatic carbocycles. The largest absolute Gasteiger partial charge is 0.396 e. The lowest BCUT2D eigenvalue weighted by Crippen LogP contribution is -2.40. The molecule has 3 heterocycles. The zero-order chi connectivity index (χ0) is 15.5. The van der Waals surface area contributed by atoms with E-state index >= 15 is 0 Å². The third kappa shape index (κ3) is 3.43. The highest BCUT2D eigenvalue weighted by molar-refractivity contribution is 5.86. The number of likely N-dealkylation sites (tertiary alicyclic amines) is 3. The van der Waals surface area contributed by atoms with Crippen molar-refractivity contribution in [1.29, 1.82) is 0 Å². The van der Waals surface area contributed by atoms with E-state index in [0.717, 1.165) is 32.6 Å². The van der Waals surface area contributed by atoms with Crippen molar-refractivity contribution in [1.82, 2.24) is 14.7 Å². The molecular weight excluding hydrogens is 282 g/mol. The van der Waals surface area contributed by atoms with E-state index in [2.05, 4.69) is 4.90 Å². The number of carbonyl (C=O) groups is 2. The Morgan fingerprint density at radius 1 is 1.09 bits per heavy atom. The fourth-order valence-corrected chi connectivity index (χ4v) is 3.99. The van der Waals surface area contributed by atoms with Gasteiger partial charge in [-0.2, -0.15) is 0 Å². The number of nitrogens with zero attached hydrogens (tertiary/aromatic N) is 3. The predicted molar refractivity (Wildman–Crippen MR) is 82.1 cm³/mol. The molecule has 6 nitrogen and oxygen atoms in total. The first kappa shape index (κ1) is 15.7. The van der Waals surface area contributed by atoms with Crippen LogP contribution in [-0.4, -0.2) is 84.0 Å². The van der Waals surface area contributed by atoms with E-state index in [-0.39, 0.29) is 30.9 Å². The van der Waals surface area contributed by atoms with E-state index in [9.17, 15) is 14.7 Å². The number of hydrogen-bond donors (Lipinski definition) is 1. The molecule has 2 atom stereocenters. The SMILES string of the molecule is O=C1CCCN1CC(=O)N1C[C@@H](CN2CCCC2)[C@@H](CO)C1. The van der Waals surface area contributed by atoms with Crippen LogP contribution >= 0.6 is 0 Å². The first-order valence-electron chi connectivity index (χ1n) is 8.56. The fourth-order valence-electron chi connectivity index (χ4n) is 3.99. The normalized spacial score (nSPS) is 29.8. The van der Waals surface area contributed by atoms with Crippen LogP contribution in [-0.2, 0) is 9.59 Å². The van der Waals surface area contributed by atoms with E-state index in [1.807, 2.05) is 4.90 Å². The van der Waals surface area contributed by atoms with E-state index in [1.54, 1.807) is 4.90 Å². The van der Waals surface area contributed by atoms with Crippen molar-refractivity contribution in [3.05, 3.63) is 0 Å². The Bertz CT molecular complexity index is 423. The van der Waals surface area contributed by atoms with Crippen LogP contribution in [0.4, 0.5) is 0 Å². The third-order valence-corrected chi connectivity index (χ3v) is 5.35. The zero-order valence-electron chi connectivity index (χ0n) is 13.2. The summed E-state index contributed by atoms with van der Waals surface area (Å²) in [5.74, 6) is 0.678. The van der Waals surface area contributed by atoms with Crippen LogP contribution in [0.25, 0.3) is 0 Å². The first-order valence-corrected chi connectivity index (χ1v) is 8.56. The topological polar surface area (TPSA) is 64.1 Å². The quantitative estimate of drug-likeness (QED) is 0.762. The van der Waals surface area contributed by atoms with E-state index in [4.69, 9.17) is 0 Å². The van der Waals surface area contributed by atoms with E-state index in [1.165, 1.54) is 12.8 Å². The molecule has 0 aromatic rings. The number of hydrogen-bond acceptors (Lipinski definition) is 4. The number of aliphatic hydroxyl groups is 1. The molecule has 0 spiro atoms. The molecule has 0 bridgehead atoms. The molecule has 3 aliphatic heterocycles. The van der Waals surface area contributed by atoms with Crippen LogP contribution in [0, 0.1) is 11.8 Å². The Labute approximate surface area is 132 Å². The van der Waals surface area contributed by atoms with E-state index in [0.29, 0.717) is 25.4 Å². The second-order valence-electron chi connectivity index (χ2n) is 6.93. The van der Waals surface area contributed by atoms with Gasteiger partial charge in [0.05, 0.1) is 6.54 Å². The molecule has 124 valence electrons. The van der Waals surface area contributed by atoms with Crippen LogP contribution in [0.2, 0.25) is 0 Å². The predicted octanol–water partition coefficient (Wildman–Crippen LogP) is -0.228. The maximum Gasteiger partial charge on any atom is 0.242 e. The average molecular weight is 309 g/mol. The third-order valence-electron chi connectivity index (χ3n) is 5.35. The average Bonchev–Trinajstić information content (AvgIpc) is 3.22. The van der Waals surface area contributed by atoms with Gasteiger partial charge in [-0.05, 0) is 38.3 Å². The van der Waals surface area contributed by atoms with Crippen molar-refractivity contribution in [3.8, 4) is 0 Å². The maximum atomic E-state index is 12.4. The van der Waals surface area contributed by atoms with Gasteiger partial charge >= 0.3 is 0 Å². The summed E-state index contributed by atoms with van der Waals surface area (Å²) in [7, 11) is 0. The Hall–Kier alpha value is -1.14. The van der Waals surface area contributed by atoms with Gasteiger partial charge in [-0.3, -0.25) is 9.59 Å². The van der Waals surface area contributed by atoms with Crippen LogP contribution in [0.15, 0.2) is 0 Å². The second kappa shape index (κ2) is 6.96. The van der Waals surface area contributed by atoms with Gasteiger partial charge in [-0.25, -0.2) is 0 Å². The highest BCUT2D eigenvalue weighted by Crippen LogP contribution is 2.26. The van der Waals surface area contributed by atoms with Gasteiger partial charge in [0.2, 0.25) is 11.8 Å². The molecule has 3 saturated heterocycles. The molecule has 0 saturated carbocycles. The molecule has 2 amide bonds. The Kier molecular flexibility index (Phi) is 4.98. The summed E-state index contributed by atoms with van der Waals surface area (Å²) in [5, 5.41) is 9.62. The van der Waals surface area contributed by atoms with Crippen molar-refractivity contribution in [2.75, 3.05) is 52.4 Å². The molecule has 3 fully saturated rings. The van der Waals surface area contributed by atoms with Gasteiger partial charge in [0.25, 0.3) is 0 Å². The standard InChI is InChI=1S/C16H27N3O3/c20-12-14-10-19(9-13(14)8-17-5-1-2-6-17)16(22)11-18-7-3-4-15(18)21/h13-14,20H,1-12H2/t13-,14-/m1/s1. The second-order valence-corrected chi connectivity index (χ2v) is 6.93. The monoisotopic (exact) mass is 309 g/mol. The molecule has 1 N–H and O–H groups in total. The van der Waals surface area contributed by atoms with Crippen LogP contribution < -0.4 is 0 Å². The zero-order valence-corrected chi connectivity index (χ0v) is 13.2. The van der Waals surface area contributed by atoms with E-state index < -0.39 is 0 Å². The lowest BCUT2D eigenvalue weighted by Gasteiger charge is -2.23. The number of rotatable bonds is 5. The molecule has 0 aliphatic carbocycles. The first-order chi connectivity index (χ1) is 10.7. The molecular formula is C16H27N3O3. The summed E-state index contributed by atoms with van der Waals surface area (Å²) >= 11 is 0. The summed E-state index contributed by atoms with van der Waals surface area (Å²) in [5.41, 5.74) is 0. The molecule has 0 aromatic heterocycles. The number of amides is 2. The van der Waals surface area contributed by atoms with Crippen LogP contribution in [0.5, 0.6) is 0 Å². The van der Waals surface area contributed by atoms with Crippen molar-refractivity contribution in [2.24, 2.45) is 11.8 Å². The van der Waals surface area contributed by atoms with Crippen molar-refractivity contribution in [2.45, 2.75) is 25.7 Å². The minimum atomic E-state index is 0.0395.